The molecule has 27 heavy (non-hydrogen) atoms. The van der Waals surface area contributed by atoms with Crippen molar-refractivity contribution >= 4 is 34.2 Å². The van der Waals surface area contributed by atoms with Crippen LogP contribution < -0.4 is 5.32 Å². The molecule has 0 spiro atoms. The van der Waals surface area contributed by atoms with Gasteiger partial charge in [0.2, 0.25) is 0 Å². The summed E-state index contributed by atoms with van der Waals surface area (Å²) in [7, 11) is 1.75. The lowest BCUT2D eigenvalue weighted by molar-refractivity contribution is 0.102. The van der Waals surface area contributed by atoms with E-state index in [-0.39, 0.29) is 5.02 Å². The summed E-state index contributed by atoms with van der Waals surface area (Å²) in [6.07, 6.45) is 1.53. The van der Waals surface area contributed by atoms with Crippen molar-refractivity contribution in [2.45, 2.75) is 6.92 Å². The molecule has 0 radical (unpaired) electrons. The summed E-state index contributed by atoms with van der Waals surface area (Å²) in [5.41, 5.74) is 2.38. The molecule has 8 heteroatoms. The minimum Gasteiger partial charge on any atom is -0.463 e. The number of nitrogens with zero attached hydrogens (tertiary/aromatic N) is 3. The Kier molecular flexibility index (Phi) is 4.16. The van der Waals surface area contributed by atoms with Gasteiger partial charge in [-0.25, -0.2) is 9.37 Å². The van der Waals surface area contributed by atoms with E-state index < -0.39 is 11.7 Å². The molecule has 0 bridgehead atoms. The average Bonchev–Trinajstić information content (AvgIpc) is 3.26. The van der Waals surface area contributed by atoms with E-state index in [1.807, 2.05) is 0 Å². The first-order chi connectivity index (χ1) is 12.9. The van der Waals surface area contributed by atoms with Crippen molar-refractivity contribution in [3.8, 4) is 11.5 Å². The van der Waals surface area contributed by atoms with Crippen molar-refractivity contribution in [3.63, 3.8) is 0 Å². The van der Waals surface area contributed by atoms with Crippen LogP contribution in [0, 0.1) is 12.7 Å². The van der Waals surface area contributed by atoms with E-state index in [0.717, 1.165) is 0 Å². The number of aromatic nitrogens is 3. The van der Waals surface area contributed by atoms with Gasteiger partial charge in [0, 0.05) is 12.7 Å². The fourth-order valence-corrected chi connectivity index (χ4v) is 3.06. The first-order valence-electron chi connectivity index (χ1n) is 8.08. The second kappa shape index (κ2) is 6.51. The maximum atomic E-state index is 13.7. The van der Waals surface area contributed by atoms with Gasteiger partial charge in [-0.2, -0.15) is 5.10 Å². The summed E-state index contributed by atoms with van der Waals surface area (Å²) in [5, 5.41) is 7.66. The molecule has 1 N–H and O–H groups in total. The molecule has 0 aliphatic carbocycles. The Morgan fingerprint density at radius 3 is 2.81 bits per heavy atom. The number of amides is 1. The molecule has 1 aromatic carbocycles. The van der Waals surface area contributed by atoms with Crippen molar-refractivity contribution in [2.75, 3.05) is 5.32 Å². The summed E-state index contributed by atoms with van der Waals surface area (Å²) in [6, 6.07) is 9.22. The van der Waals surface area contributed by atoms with E-state index in [1.165, 1.54) is 24.5 Å². The highest BCUT2D eigenvalue weighted by atomic mass is 35.5. The third-order valence-corrected chi connectivity index (χ3v) is 4.47. The second-order valence-corrected chi connectivity index (χ2v) is 6.43. The van der Waals surface area contributed by atoms with Gasteiger partial charge in [0.25, 0.3) is 5.91 Å². The van der Waals surface area contributed by atoms with E-state index in [2.05, 4.69) is 15.4 Å². The first kappa shape index (κ1) is 17.2. The van der Waals surface area contributed by atoms with Crippen molar-refractivity contribution < 1.29 is 13.6 Å². The van der Waals surface area contributed by atoms with Crippen LogP contribution >= 0.6 is 11.6 Å². The van der Waals surface area contributed by atoms with Crippen LogP contribution in [0.1, 0.15) is 16.1 Å². The Labute approximate surface area is 158 Å². The molecule has 0 saturated carbocycles. The number of carbonyl (C=O) groups excluding carboxylic acids is 1. The lowest BCUT2D eigenvalue weighted by Gasteiger charge is -2.09. The van der Waals surface area contributed by atoms with E-state index >= 15 is 0 Å². The molecule has 0 saturated heterocycles. The largest absolute Gasteiger partial charge is 0.463 e. The van der Waals surface area contributed by atoms with Crippen molar-refractivity contribution in [1.29, 1.82) is 0 Å². The molecule has 4 rings (SSSR count). The van der Waals surface area contributed by atoms with Crippen LogP contribution in [-0.2, 0) is 7.05 Å². The fraction of sp³-hybridized carbons (Fsp3) is 0.105. The Bertz CT molecular complexity index is 1170. The number of furan rings is 1. The Balaban J connectivity index is 1.83. The predicted octanol–water partition coefficient (Wildman–Crippen LogP) is 4.58. The van der Waals surface area contributed by atoms with E-state index in [0.29, 0.717) is 39.4 Å². The molecule has 0 atom stereocenters. The van der Waals surface area contributed by atoms with Crippen molar-refractivity contribution in [1.82, 2.24) is 14.8 Å². The van der Waals surface area contributed by atoms with Gasteiger partial charge in [0.05, 0.1) is 27.9 Å². The number of hydrogen-bond donors (Lipinski definition) is 1. The number of nitrogens with one attached hydrogen (secondary N) is 1. The molecule has 6 nitrogen and oxygen atoms in total. The molecule has 3 heterocycles. The lowest BCUT2D eigenvalue weighted by atomic mass is 10.1. The van der Waals surface area contributed by atoms with Gasteiger partial charge in [-0.3, -0.25) is 9.48 Å². The maximum Gasteiger partial charge on any atom is 0.256 e. The molecular formula is C19H14ClFN4O2. The van der Waals surface area contributed by atoms with Crippen LogP contribution in [0.3, 0.4) is 0 Å². The minimum atomic E-state index is -0.608. The van der Waals surface area contributed by atoms with Gasteiger partial charge in [-0.05, 0) is 43.3 Å². The number of carbonyl (C=O) groups is 1. The van der Waals surface area contributed by atoms with Crippen LogP contribution in [0.25, 0.3) is 22.5 Å². The van der Waals surface area contributed by atoms with E-state index in [4.69, 9.17) is 16.0 Å². The summed E-state index contributed by atoms with van der Waals surface area (Å²) < 4.78 is 20.7. The zero-order valence-corrected chi connectivity index (χ0v) is 15.2. The van der Waals surface area contributed by atoms with Crippen LogP contribution in [0.15, 0.2) is 47.1 Å². The molecule has 1 amide bonds. The number of halogens is 2. The number of benzene rings is 1. The molecule has 3 aromatic heterocycles. The SMILES string of the molecule is Cc1nn(C)c2nc(-c3ccco3)cc(C(=O)Nc3ccc(Cl)c(F)c3)c12. The molecule has 136 valence electrons. The molecule has 4 aromatic rings. The zero-order valence-electron chi connectivity index (χ0n) is 14.5. The highest BCUT2D eigenvalue weighted by Gasteiger charge is 2.20. The zero-order chi connectivity index (χ0) is 19.1. The highest BCUT2D eigenvalue weighted by molar-refractivity contribution is 6.30. The number of aryl methyl sites for hydroxylation is 2. The number of fused-ring (bicyclic) bond motifs is 1. The van der Waals surface area contributed by atoms with Gasteiger partial charge in [-0.1, -0.05) is 11.6 Å². The average molecular weight is 385 g/mol. The van der Waals surface area contributed by atoms with Crippen LogP contribution in [-0.4, -0.2) is 20.7 Å². The third-order valence-electron chi connectivity index (χ3n) is 4.16. The fourth-order valence-electron chi connectivity index (χ4n) is 2.95. The maximum absolute atomic E-state index is 13.7. The lowest BCUT2D eigenvalue weighted by Crippen LogP contribution is -2.13. The second-order valence-electron chi connectivity index (χ2n) is 6.02. The van der Waals surface area contributed by atoms with Crippen LogP contribution in [0.5, 0.6) is 0 Å². The Morgan fingerprint density at radius 2 is 2.11 bits per heavy atom. The van der Waals surface area contributed by atoms with Crippen molar-refractivity contribution in [2.24, 2.45) is 7.05 Å². The summed E-state index contributed by atoms with van der Waals surface area (Å²) >= 11 is 5.70. The molecule has 0 aliphatic rings. The highest BCUT2D eigenvalue weighted by Crippen LogP contribution is 2.28. The van der Waals surface area contributed by atoms with Crippen molar-refractivity contribution in [3.05, 3.63) is 64.8 Å². The third kappa shape index (κ3) is 3.06. The van der Waals surface area contributed by atoms with Gasteiger partial charge in [-0.15, -0.1) is 0 Å². The van der Waals surface area contributed by atoms with Crippen LogP contribution in [0.2, 0.25) is 5.02 Å². The van der Waals surface area contributed by atoms with Gasteiger partial charge >= 0.3 is 0 Å². The smallest absolute Gasteiger partial charge is 0.256 e. The number of anilines is 1. The number of hydrogen-bond acceptors (Lipinski definition) is 4. The predicted molar refractivity (Wildman–Crippen MR) is 100 cm³/mol. The number of pyridine rings is 1. The van der Waals surface area contributed by atoms with Gasteiger partial charge in [0.1, 0.15) is 11.5 Å². The Hall–Kier alpha value is -3.19. The molecule has 0 unspecified atom stereocenters. The molecule has 0 aliphatic heterocycles. The monoisotopic (exact) mass is 384 g/mol. The van der Waals surface area contributed by atoms with Gasteiger partial charge in [0.15, 0.2) is 11.4 Å². The first-order valence-corrected chi connectivity index (χ1v) is 8.46. The van der Waals surface area contributed by atoms with E-state index in [9.17, 15) is 9.18 Å². The summed E-state index contributed by atoms with van der Waals surface area (Å²) in [5.74, 6) is -0.487. The number of rotatable bonds is 3. The van der Waals surface area contributed by atoms with E-state index in [1.54, 1.807) is 36.9 Å². The van der Waals surface area contributed by atoms with Gasteiger partial charge < -0.3 is 9.73 Å². The standard InChI is InChI=1S/C19H14ClFN4O2/c1-10-17-12(19(26)22-11-5-6-13(20)14(21)8-11)9-15(16-4-3-7-27-16)23-18(17)25(2)24-10/h3-9H,1-2H3,(H,22,26). The quantitative estimate of drug-likeness (QED) is 0.561. The Morgan fingerprint density at radius 1 is 1.30 bits per heavy atom. The minimum absolute atomic E-state index is 0.0116. The molecule has 0 fully saturated rings. The summed E-state index contributed by atoms with van der Waals surface area (Å²) in [6.45, 7) is 1.80. The summed E-state index contributed by atoms with van der Waals surface area (Å²) in [4.78, 5) is 17.5. The normalized spacial score (nSPS) is 11.1. The van der Waals surface area contributed by atoms with Crippen LogP contribution in [0.4, 0.5) is 10.1 Å². The topological polar surface area (TPSA) is 73.0 Å². The molecular weight excluding hydrogens is 371 g/mol.